The van der Waals surface area contributed by atoms with Crippen LogP contribution >= 0.6 is 0 Å². The Kier molecular flexibility index (Phi) is 4.73. The van der Waals surface area contributed by atoms with Crippen molar-refractivity contribution in [3.63, 3.8) is 0 Å². The summed E-state index contributed by atoms with van der Waals surface area (Å²) >= 11 is 0. The summed E-state index contributed by atoms with van der Waals surface area (Å²) in [6.07, 6.45) is -2.33. The fraction of sp³-hybridized carbons (Fsp3) is 0.417. The van der Waals surface area contributed by atoms with Crippen molar-refractivity contribution in [2.45, 2.75) is 18.2 Å². The first-order valence-corrected chi connectivity index (χ1v) is 6.41. The van der Waals surface area contributed by atoms with Crippen LogP contribution in [-0.4, -0.2) is 55.0 Å². The second-order valence-corrected chi connectivity index (χ2v) is 4.66. The van der Waals surface area contributed by atoms with Gasteiger partial charge in [0.2, 0.25) is 12.3 Å². The molecule has 9 nitrogen and oxygen atoms in total. The molecule has 2 aromatic rings. The molecular formula is C12H15F2N5O4. The molecule has 0 aliphatic carbocycles. The van der Waals surface area contributed by atoms with Gasteiger partial charge in [-0.2, -0.15) is 4.98 Å². The molecule has 23 heavy (non-hydrogen) atoms. The summed E-state index contributed by atoms with van der Waals surface area (Å²) in [6.45, 7) is 1.08. The van der Waals surface area contributed by atoms with E-state index < -0.39 is 37.0 Å². The van der Waals surface area contributed by atoms with Gasteiger partial charge in [-0.15, -0.1) is 0 Å². The van der Waals surface area contributed by atoms with Crippen LogP contribution in [0.15, 0.2) is 23.8 Å². The van der Waals surface area contributed by atoms with Gasteiger partial charge in [-0.3, -0.25) is 14.3 Å². The van der Waals surface area contributed by atoms with Crippen molar-refractivity contribution in [2.24, 2.45) is 0 Å². The lowest BCUT2D eigenvalue weighted by Gasteiger charge is -2.32. The molecule has 0 fully saturated rings. The topological polar surface area (TPSA) is 139 Å². The van der Waals surface area contributed by atoms with Crippen LogP contribution in [0.1, 0.15) is 6.23 Å². The second kappa shape index (κ2) is 6.40. The molecule has 2 aromatic heterocycles. The maximum Gasteiger partial charge on any atom is 0.280 e. The van der Waals surface area contributed by atoms with E-state index in [9.17, 15) is 18.7 Å². The number of H-pyrrole nitrogens is 1. The normalized spacial score (nSPS) is 16.9. The number of hydrogen-bond acceptors (Lipinski definition) is 7. The first-order chi connectivity index (χ1) is 10.9. The van der Waals surface area contributed by atoms with Crippen molar-refractivity contribution in [1.82, 2.24) is 19.5 Å². The second-order valence-electron chi connectivity index (χ2n) is 4.66. The van der Waals surface area contributed by atoms with Crippen LogP contribution in [-0.2, 0) is 4.74 Å². The molecule has 0 aromatic carbocycles. The lowest BCUT2D eigenvalue weighted by atomic mass is 10.1. The molecule has 2 heterocycles. The summed E-state index contributed by atoms with van der Waals surface area (Å²) in [5.74, 6) is -0.232. The van der Waals surface area contributed by atoms with Gasteiger partial charge in [0, 0.05) is 0 Å². The molecule has 0 radical (unpaired) electrons. The zero-order valence-electron chi connectivity index (χ0n) is 11.8. The Balaban J connectivity index is 2.50. The third kappa shape index (κ3) is 2.93. The quantitative estimate of drug-likeness (QED) is 0.496. The highest BCUT2D eigenvalue weighted by atomic mass is 19.1. The number of rotatable bonds is 7. The Bertz CT molecular complexity index is 761. The van der Waals surface area contributed by atoms with Crippen molar-refractivity contribution in [3.8, 4) is 0 Å². The highest BCUT2D eigenvalue weighted by Crippen LogP contribution is 2.27. The lowest BCUT2D eigenvalue weighted by molar-refractivity contribution is -0.207. The molecule has 3 atom stereocenters. The summed E-state index contributed by atoms with van der Waals surface area (Å²) in [5.41, 5.74) is 2.30. The number of nitrogens with zero attached hydrogens (tertiary/aromatic N) is 3. The van der Waals surface area contributed by atoms with Crippen LogP contribution in [0.25, 0.3) is 11.2 Å². The summed E-state index contributed by atoms with van der Waals surface area (Å²) in [5, 5.41) is 18.4. The van der Waals surface area contributed by atoms with Crippen molar-refractivity contribution in [2.75, 3.05) is 19.0 Å². The van der Waals surface area contributed by atoms with Crippen molar-refractivity contribution >= 4 is 17.1 Å². The number of nitrogen functional groups attached to an aromatic ring is 1. The van der Waals surface area contributed by atoms with Gasteiger partial charge in [0.1, 0.15) is 6.67 Å². The number of nitrogens with one attached hydrogen (secondary N) is 1. The first-order valence-electron chi connectivity index (χ1n) is 6.41. The Labute approximate surface area is 128 Å². The number of aromatic nitrogens is 4. The average molecular weight is 331 g/mol. The Hall–Kier alpha value is -2.37. The third-order valence-corrected chi connectivity index (χ3v) is 3.24. The molecule has 0 amide bonds. The summed E-state index contributed by atoms with van der Waals surface area (Å²) in [4.78, 5) is 21.5. The standard InChI is InChI=1S/C12H15F2N5O4/c1-2-12(4-20,10(14)22)23-6(3-13)19-5-16-7-8(19)17-11(15)18-9(7)21/h2,5-6,10,20,22H,1,3-4H2,(H3,15,17,18,21)/t6-,10-,12-/m1/s1. The van der Waals surface area contributed by atoms with Crippen molar-refractivity contribution in [1.29, 1.82) is 0 Å². The summed E-state index contributed by atoms with van der Waals surface area (Å²) in [7, 11) is 0. The van der Waals surface area contributed by atoms with Gasteiger partial charge in [0.05, 0.1) is 12.9 Å². The fourth-order valence-corrected chi connectivity index (χ4v) is 1.95. The van der Waals surface area contributed by atoms with Crippen LogP contribution in [0.5, 0.6) is 0 Å². The monoisotopic (exact) mass is 331 g/mol. The number of aliphatic hydroxyl groups is 2. The zero-order chi connectivity index (χ0) is 17.2. The van der Waals surface area contributed by atoms with Gasteiger partial charge in [-0.05, 0) is 0 Å². The van der Waals surface area contributed by atoms with E-state index in [1.807, 2.05) is 0 Å². The van der Waals surface area contributed by atoms with Gasteiger partial charge in [-0.1, -0.05) is 12.7 Å². The molecule has 2 rings (SSSR count). The molecule has 0 aliphatic rings. The highest BCUT2D eigenvalue weighted by molar-refractivity contribution is 5.70. The van der Waals surface area contributed by atoms with E-state index in [0.717, 1.165) is 17.0 Å². The van der Waals surface area contributed by atoms with Crippen LogP contribution in [0.4, 0.5) is 14.7 Å². The van der Waals surface area contributed by atoms with Gasteiger partial charge >= 0.3 is 0 Å². The van der Waals surface area contributed by atoms with Crippen molar-refractivity contribution < 1.29 is 23.7 Å². The van der Waals surface area contributed by atoms with Crippen molar-refractivity contribution in [3.05, 3.63) is 29.3 Å². The van der Waals surface area contributed by atoms with Gasteiger partial charge in [0.15, 0.2) is 23.0 Å². The minimum absolute atomic E-state index is 0.0989. The minimum atomic E-state index is -2.66. The molecule has 0 spiro atoms. The smallest absolute Gasteiger partial charge is 0.280 e. The summed E-state index contributed by atoms with van der Waals surface area (Å²) < 4.78 is 32.9. The number of anilines is 1. The molecule has 126 valence electrons. The molecular weight excluding hydrogens is 316 g/mol. The lowest BCUT2D eigenvalue weighted by Crippen LogP contribution is -2.46. The first kappa shape index (κ1) is 17.0. The van der Waals surface area contributed by atoms with E-state index in [4.69, 9.17) is 15.6 Å². The van der Waals surface area contributed by atoms with Crippen LogP contribution in [0.3, 0.4) is 0 Å². The molecule has 0 saturated carbocycles. The number of halogens is 2. The molecule has 0 saturated heterocycles. The van der Waals surface area contributed by atoms with Gasteiger partial charge in [0.25, 0.3) is 5.56 Å². The number of fused-ring (bicyclic) bond motifs is 1. The number of aliphatic hydroxyl groups excluding tert-OH is 2. The van der Waals surface area contributed by atoms with Crippen LogP contribution < -0.4 is 11.3 Å². The maximum absolute atomic E-state index is 13.4. The maximum atomic E-state index is 13.4. The summed E-state index contributed by atoms with van der Waals surface area (Å²) in [6, 6.07) is 0. The molecule has 5 N–H and O–H groups in total. The molecule has 11 heteroatoms. The molecule has 0 aliphatic heterocycles. The third-order valence-electron chi connectivity index (χ3n) is 3.24. The Morgan fingerprint density at radius 2 is 2.35 bits per heavy atom. The van der Waals surface area contributed by atoms with E-state index in [1.54, 1.807) is 0 Å². The Morgan fingerprint density at radius 1 is 1.65 bits per heavy atom. The highest BCUT2D eigenvalue weighted by Gasteiger charge is 2.39. The number of hydrogen-bond donors (Lipinski definition) is 4. The van der Waals surface area contributed by atoms with E-state index in [0.29, 0.717) is 0 Å². The van der Waals surface area contributed by atoms with Crippen LogP contribution in [0.2, 0.25) is 0 Å². The number of aromatic amines is 1. The predicted molar refractivity (Wildman–Crippen MR) is 75.8 cm³/mol. The minimum Gasteiger partial charge on any atom is -0.393 e. The fourth-order valence-electron chi connectivity index (χ4n) is 1.95. The molecule has 0 unspecified atom stereocenters. The number of alkyl halides is 2. The zero-order valence-corrected chi connectivity index (χ0v) is 11.8. The number of imidazole rings is 1. The predicted octanol–water partition coefficient (Wildman–Crippen LogP) is -0.609. The van der Waals surface area contributed by atoms with E-state index >= 15 is 0 Å². The van der Waals surface area contributed by atoms with Crippen LogP contribution in [0, 0.1) is 0 Å². The van der Waals surface area contributed by atoms with Gasteiger partial charge < -0.3 is 20.7 Å². The van der Waals surface area contributed by atoms with E-state index in [2.05, 4.69) is 21.5 Å². The molecule has 0 bridgehead atoms. The van der Waals surface area contributed by atoms with Gasteiger partial charge in [-0.25, -0.2) is 13.8 Å². The number of ether oxygens (including phenoxy) is 1. The average Bonchev–Trinajstić information content (AvgIpc) is 2.93. The largest absolute Gasteiger partial charge is 0.393 e. The Morgan fingerprint density at radius 3 is 2.87 bits per heavy atom. The van der Waals surface area contributed by atoms with E-state index in [1.165, 1.54) is 0 Å². The van der Waals surface area contributed by atoms with E-state index in [-0.39, 0.29) is 17.1 Å². The SMILES string of the molecule is C=C[C@](CO)(O[C@H](CF)n1cnc2c(=O)[nH]c(N)nc21)[C@@H](O)F. The number of nitrogens with two attached hydrogens (primary N) is 1.